The van der Waals surface area contributed by atoms with Crippen LogP contribution in [-0.4, -0.2) is 22.9 Å². The van der Waals surface area contributed by atoms with Gasteiger partial charge in [-0.15, -0.1) is 0 Å². The molecule has 5 nitrogen and oxygen atoms in total. The number of aromatic nitrogens is 2. The fourth-order valence-electron chi connectivity index (χ4n) is 1.87. The molecule has 4 N–H and O–H groups in total. The lowest BCUT2D eigenvalue weighted by Crippen LogP contribution is -2.15. The molecule has 5 heteroatoms. The first-order valence-electron chi connectivity index (χ1n) is 6.02. The Hall–Kier alpha value is -2.01. The summed E-state index contributed by atoms with van der Waals surface area (Å²) in [6, 6.07) is 10.1. The van der Waals surface area contributed by atoms with Gasteiger partial charge < -0.3 is 16.4 Å². The minimum Gasteiger partial charge on any atom is -0.367 e. The van der Waals surface area contributed by atoms with Crippen LogP contribution >= 0.6 is 0 Å². The van der Waals surface area contributed by atoms with E-state index in [0.29, 0.717) is 6.54 Å². The lowest BCUT2D eigenvalue weighted by atomic mass is 10.3. The van der Waals surface area contributed by atoms with E-state index >= 15 is 0 Å². The molecule has 0 unspecified atom stereocenters. The molecule has 2 rings (SSSR count). The number of hydrogen-bond donors (Lipinski definition) is 3. The summed E-state index contributed by atoms with van der Waals surface area (Å²) in [6.07, 6.45) is 0. The Balaban J connectivity index is 2.26. The first-order valence-corrected chi connectivity index (χ1v) is 6.02. The largest absolute Gasteiger partial charge is 0.367 e. The Kier molecular flexibility index (Phi) is 3.84. The third-order valence-corrected chi connectivity index (χ3v) is 2.70. The van der Waals surface area contributed by atoms with Crippen LogP contribution in [0.4, 0.5) is 17.2 Å². The summed E-state index contributed by atoms with van der Waals surface area (Å²) in [4.78, 5) is 0. The molecule has 0 amide bonds. The minimum atomic E-state index is 0.592. The van der Waals surface area contributed by atoms with Crippen LogP contribution in [0.15, 0.2) is 30.3 Å². The fourth-order valence-corrected chi connectivity index (χ4v) is 1.87. The van der Waals surface area contributed by atoms with Gasteiger partial charge in [0.05, 0.1) is 5.69 Å². The number of rotatable bonds is 5. The van der Waals surface area contributed by atoms with E-state index < -0.39 is 0 Å². The van der Waals surface area contributed by atoms with Gasteiger partial charge in [0.2, 0.25) is 0 Å². The average Bonchev–Trinajstić information content (AvgIpc) is 2.63. The zero-order valence-corrected chi connectivity index (χ0v) is 10.8. The molecule has 0 saturated carbocycles. The Labute approximate surface area is 107 Å². The SMILES string of the molecule is Cc1nn(C)c(NCCN)c1Nc1ccccc1. The molecule has 0 aliphatic heterocycles. The summed E-state index contributed by atoms with van der Waals surface area (Å²) in [5.41, 5.74) is 8.53. The number of hydrogen-bond acceptors (Lipinski definition) is 4. The third-order valence-electron chi connectivity index (χ3n) is 2.70. The van der Waals surface area contributed by atoms with Gasteiger partial charge in [0, 0.05) is 25.8 Å². The highest BCUT2D eigenvalue weighted by atomic mass is 15.3. The molecule has 0 aliphatic rings. The Bertz CT molecular complexity index is 504. The van der Waals surface area contributed by atoms with Crippen molar-refractivity contribution in [2.24, 2.45) is 12.8 Å². The molecule has 0 radical (unpaired) electrons. The topological polar surface area (TPSA) is 67.9 Å². The lowest BCUT2D eigenvalue weighted by molar-refractivity contribution is 0.758. The Morgan fingerprint density at radius 3 is 2.67 bits per heavy atom. The highest BCUT2D eigenvalue weighted by molar-refractivity contribution is 5.74. The highest BCUT2D eigenvalue weighted by Crippen LogP contribution is 2.28. The summed E-state index contributed by atoms with van der Waals surface area (Å²) in [6.45, 7) is 3.30. The lowest BCUT2D eigenvalue weighted by Gasteiger charge is -2.10. The normalized spacial score (nSPS) is 10.4. The zero-order valence-electron chi connectivity index (χ0n) is 10.8. The highest BCUT2D eigenvalue weighted by Gasteiger charge is 2.12. The average molecular weight is 245 g/mol. The van der Waals surface area contributed by atoms with Crippen LogP contribution in [-0.2, 0) is 7.05 Å². The van der Waals surface area contributed by atoms with Crippen molar-refractivity contribution < 1.29 is 0 Å². The molecular weight excluding hydrogens is 226 g/mol. The number of nitrogens with two attached hydrogens (primary N) is 1. The number of aryl methyl sites for hydroxylation is 2. The number of para-hydroxylation sites is 1. The molecule has 0 fully saturated rings. The zero-order chi connectivity index (χ0) is 13.0. The summed E-state index contributed by atoms with van der Waals surface area (Å²) in [7, 11) is 1.92. The van der Waals surface area contributed by atoms with Gasteiger partial charge in [-0.25, -0.2) is 0 Å². The quantitative estimate of drug-likeness (QED) is 0.752. The molecule has 1 aromatic carbocycles. The Morgan fingerprint density at radius 2 is 2.00 bits per heavy atom. The number of nitrogens with zero attached hydrogens (tertiary/aromatic N) is 2. The van der Waals surface area contributed by atoms with Crippen molar-refractivity contribution in [3.63, 3.8) is 0 Å². The summed E-state index contributed by atoms with van der Waals surface area (Å²) >= 11 is 0. The van der Waals surface area contributed by atoms with Crippen molar-refractivity contribution in [2.75, 3.05) is 23.7 Å². The van der Waals surface area contributed by atoms with Gasteiger partial charge in [-0.1, -0.05) is 18.2 Å². The van der Waals surface area contributed by atoms with E-state index in [1.807, 2.05) is 49.0 Å². The molecule has 1 heterocycles. The van der Waals surface area contributed by atoms with Gasteiger partial charge in [0.1, 0.15) is 11.5 Å². The van der Waals surface area contributed by atoms with Crippen LogP contribution in [0.25, 0.3) is 0 Å². The summed E-state index contributed by atoms with van der Waals surface area (Å²) < 4.78 is 1.83. The number of anilines is 3. The predicted molar refractivity (Wildman–Crippen MR) is 75.2 cm³/mol. The fraction of sp³-hybridized carbons (Fsp3) is 0.308. The molecule has 0 saturated heterocycles. The maximum absolute atomic E-state index is 5.52. The predicted octanol–water partition coefficient (Wildman–Crippen LogP) is 1.84. The standard InChI is InChI=1S/C13H19N5/c1-10-12(16-11-6-4-3-5-7-11)13(15-9-8-14)18(2)17-10/h3-7,15-16H,8-9,14H2,1-2H3. The van der Waals surface area contributed by atoms with Crippen LogP contribution in [0.2, 0.25) is 0 Å². The van der Waals surface area contributed by atoms with Gasteiger partial charge in [0.15, 0.2) is 0 Å². The summed E-state index contributed by atoms with van der Waals surface area (Å²) in [5, 5.41) is 11.1. The minimum absolute atomic E-state index is 0.592. The van der Waals surface area contributed by atoms with Crippen molar-refractivity contribution in [3.05, 3.63) is 36.0 Å². The van der Waals surface area contributed by atoms with Crippen LogP contribution in [0.3, 0.4) is 0 Å². The number of benzene rings is 1. The van der Waals surface area contributed by atoms with Gasteiger partial charge in [0.25, 0.3) is 0 Å². The van der Waals surface area contributed by atoms with E-state index in [0.717, 1.165) is 29.4 Å². The second-order valence-corrected chi connectivity index (χ2v) is 4.14. The number of nitrogens with one attached hydrogen (secondary N) is 2. The van der Waals surface area contributed by atoms with Crippen molar-refractivity contribution in [1.82, 2.24) is 9.78 Å². The summed E-state index contributed by atoms with van der Waals surface area (Å²) in [5.74, 6) is 0.960. The van der Waals surface area contributed by atoms with Crippen LogP contribution in [0.1, 0.15) is 5.69 Å². The third kappa shape index (κ3) is 2.62. The second-order valence-electron chi connectivity index (χ2n) is 4.14. The molecule has 2 aromatic rings. The first-order chi connectivity index (χ1) is 8.72. The molecular formula is C13H19N5. The second kappa shape index (κ2) is 5.55. The maximum Gasteiger partial charge on any atom is 0.148 e. The molecule has 1 aromatic heterocycles. The van der Waals surface area contributed by atoms with E-state index in [1.165, 1.54) is 0 Å². The van der Waals surface area contributed by atoms with E-state index in [2.05, 4.69) is 15.7 Å². The van der Waals surface area contributed by atoms with Crippen LogP contribution < -0.4 is 16.4 Å². The van der Waals surface area contributed by atoms with Crippen LogP contribution in [0.5, 0.6) is 0 Å². The van der Waals surface area contributed by atoms with E-state index in [4.69, 9.17) is 5.73 Å². The van der Waals surface area contributed by atoms with E-state index in [1.54, 1.807) is 0 Å². The van der Waals surface area contributed by atoms with Crippen molar-refractivity contribution >= 4 is 17.2 Å². The van der Waals surface area contributed by atoms with Gasteiger partial charge in [-0.2, -0.15) is 5.10 Å². The molecule has 18 heavy (non-hydrogen) atoms. The molecule has 96 valence electrons. The smallest absolute Gasteiger partial charge is 0.148 e. The van der Waals surface area contributed by atoms with Crippen molar-refractivity contribution in [2.45, 2.75) is 6.92 Å². The molecule has 0 bridgehead atoms. The van der Waals surface area contributed by atoms with E-state index in [-0.39, 0.29) is 0 Å². The van der Waals surface area contributed by atoms with Gasteiger partial charge >= 0.3 is 0 Å². The monoisotopic (exact) mass is 245 g/mol. The van der Waals surface area contributed by atoms with Gasteiger partial charge in [-0.05, 0) is 19.1 Å². The van der Waals surface area contributed by atoms with E-state index in [9.17, 15) is 0 Å². The van der Waals surface area contributed by atoms with Crippen LogP contribution in [0, 0.1) is 6.92 Å². The Morgan fingerprint density at radius 1 is 1.28 bits per heavy atom. The maximum atomic E-state index is 5.52. The molecule has 0 aliphatic carbocycles. The van der Waals surface area contributed by atoms with Crippen molar-refractivity contribution in [3.8, 4) is 0 Å². The van der Waals surface area contributed by atoms with Gasteiger partial charge in [-0.3, -0.25) is 4.68 Å². The molecule has 0 atom stereocenters. The van der Waals surface area contributed by atoms with Crippen molar-refractivity contribution in [1.29, 1.82) is 0 Å². The first kappa shape index (κ1) is 12.4. The molecule has 0 spiro atoms.